The number of aryl methyl sites for hydroxylation is 1. The molecular formula is C57H68N10O7S. The molecule has 4 aliphatic rings. The molecule has 394 valence electrons. The highest BCUT2D eigenvalue weighted by molar-refractivity contribution is 7.13. The van der Waals surface area contributed by atoms with Crippen LogP contribution in [0.15, 0.2) is 89.0 Å². The topological polar surface area (TPSA) is 218 Å². The van der Waals surface area contributed by atoms with E-state index in [-0.39, 0.29) is 60.8 Å². The molecule has 10 rings (SSSR count). The fourth-order valence-electron chi connectivity index (χ4n) is 10.9. The maximum atomic E-state index is 14.4. The third-order valence-corrected chi connectivity index (χ3v) is 16.3. The number of likely N-dealkylation sites (tertiary alicyclic amines) is 2. The number of aliphatic hydroxyl groups excluding tert-OH is 1. The van der Waals surface area contributed by atoms with Gasteiger partial charge in [0.15, 0.2) is 17.4 Å². The second-order valence-electron chi connectivity index (χ2n) is 21.1. The number of carbonyl (C=O) groups is 2. The van der Waals surface area contributed by atoms with Crippen LogP contribution in [-0.2, 0) is 14.3 Å². The van der Waals surface area contributed by atoms with Gasteiger partial charge in [-0.15, -0.1) is 21.5 Å². The number of rotatable bonds is 17. The third-order valence-electron chi connectivity index (χ3n) is 15.4. The summed E-state index contributed by atoms with van der Waals surface area (Å²) in [4.78, 5) is 44.5. The van der Waals surface area contributed by atoms with Crippen molar-refractivity contribution in [3.63, 3.8) is 0 Å². The summed E-state index contributed by atoms with van der Waals surface area (Å²) in [7, 11) is 0. The van der Waals surface area contributed by atoms with Gasteiger partial charge < -0.3 is 50.0 Å². The van der Waals surface area contributed by atoms with Crippen LogP contribution in [0.2, 0.25) is 0 Å². The molecule has 4 atom stereocenters. The Hall–Kier alpha value is -6.73. The lowest BCUT2D eigenvalue weighted by Gasteiger charge is -2.41. The minimum atomic E-state index is -0.804. The number of hydrogen-bond donors (Lipinski definition) is 4. The first-order valence-corrected chi connectivity index (χ1v) is 27.3. The zero-order valence-corrected chi connectivity index (χ0v) is 43.9. The summed E-state index contributed by atoms with van der Waals surface area (Å²) >= 11 is 1.60. The zero-order chi connectivity index (χ0) is 52.2. The number of phenols is 1. The van der Waals surface area contributed by atoms with Gasteiger partial charge in [0.1, 0.15) is 23.8 Å². The number of pyridine rings is 1. The average Bonchev–Trinajstić information content (AvgIpc) is 4.17. The van der Waals surface area contributed by atoms with E-state index in [1.165, 1.54) is 4.90 Å². The molecule has 1 saturated carbocycles. The Morgan fingerprint density at radius 1 is 0.907 bits per heavy atom. The quantitative estimate of drug-likeness (QED) is 0.0675. The standard InChI is InChI=1S/C57H68N10O7S/c1-34(2)53(57(71)67-32-42(68)27-48(67)56(70)61-35(3)39-11-13-40(14-12-39)54-36(4)60-33-75-54)50-30-51(64-74-50)66-23-16-38(17-24-66)31-65-21-18-43(19-22-65)72-44-28-45(29-44)73-52-25-37(15-20-59-52)9-10-41-26-47(62-63-55(41)58)46-7-5-6-8-49(46)69/h5-15,20,25-26,30,33-35,38,42-45,48,53,68-69H,16-19,21-24,27-29,31-32H2,1-4H3,(H2,58,63)(H,61,70)/b10-9+/t35-,42+,44-,45-,48-,53+/m0/s1. The van der Waals surface area contributed by atoms with Crippen molar-refractivity contribution in [2.24, 2.45) is 11.8 Å². The Morgan fingerprint density at radius 3 is 2.41 bits per heavy atom. The molecule has 18 heteroatoms. The van der Waals surface area contributed by atoms with Crippen molar-refractivity contribution in [3.05, 3.63) is 113 Å². The van der Waals surface area contributed by atoms with Gasteiger partial charge in [0, 0.05) is 88.0 Å². The second kappa shape index (κ2) is 23.0. The number of anilines is 2. The Labute approximate surface area is 442 Å². The van der Waals surface area contributed by atoms with E-state index >= 15 is 0 Å². The first-order valence-electron chi connectivity index (χ1n) is 26.4. The van der Waals surface area contributed by atoms with E-state index in [2.05, 4.69) is 40.4 Å². The molecular weight excluding hydrogens is 969 g/mol. The number of aromatic nitrogens is 5. The number of aromatic hydroxyl groups is 1. The Balaban J connectivity index is 0.642. The van der Waals surface area contributed by atoms with Crippen molar-refractivity contribution >= 4 is 46.9 Å². The van der Waals surface area contributed by atoms with E-state index in [0.29, 0.717) is 40.2 Å². The van der Waals surface area contributed by atoms with E-state index < -0.39 is 18.1 Å². The highest BCUT2D eigenvalue weighted by atomic mass is 32.1. The molecule has 0 unspecified atom stereocenters. The number of benzene rings is 2. The summed E-state index contributed by atoms with van der Waals surface area (Å²) in [6.07, 6.45) is 11.2. The van der Waals surface area contributed by atoms with Crippen LogP contribution >= 0.6 is 11.3 Å². The SMILES string of the molecule is Cc1ncsc1-c1ccc([C@H](C)NC(=O)[C@@H]2C[C@@H](O)CN2C(=O)[C@@H](c2cc(N3CCC(CN4CCC(O[C@H]5C[C@H](Oc6cc(/C=C/c7cc(-c8ccccc8O)nnc7N)ccn6)C5)CC4)CC3)no2)C(C)C)cc1. The van der Waals surface area contributed by atoms with Crippen LogP contribution in [-0.4, -0.2) is 127 Å². The summed E-state index contributed by atoms with van der Waals surface area (Å²) in [5.41, 5.74) is 13.7. The highest BCUT2D eigenvalue weighted by Gasteiger charge is 2.44. The fourth-order valence-corrected chi connectivity index (χ4v) is 11.8. The number of nitrogens with zero attached hydrogens (tertiary/aromatic N) is 8. The van der Waals surface area contributed by atoms with Crippen molar-refractivity contribution in [1.82, 2.24) is 40.4 Å². The summed E-state index contributed by atoms with van der Waals surface area (Å²) in [5, 5.41) is 36.9. The molecule has 17 nitrogen and oxygen atoms in total. The van der Waals surface area contributed by atoms with Crippen molar-refractivity contribution < 1.29 is 33.8 Å². The largest absolute Gasteiger partial charge is 0.507 e. The molecule has 0 bridgehead atoms. The molecule has 6 aromatic rings. The number of nitrogens with two attached hydrogens (primary N) is 1. The number of aliphatic hydroxyl groups is 1. The molecule has 2 amide bonds. The number of carbonyl (C=O) groups excluding carboxylic acids is 2. The number of nitrogen functional groups attached to an aromatic ring is 1. The maximum absolute atomic E-state index is 14.4. The molecule has 3 saturated heterocycles. The molecule has 4 aromatic heterocycles. The van der Waals surface area contributed by atoms with Gasteiger partial charge in [0.2, 0.25) is 17.7 Å². The molecule has 3 aliphatic heterocycles. The van der Waals surface area contributed by atoms with Crippen LogP contribution in [0.25, 0.3) is 33.9 Å². The molecule has 0 radical (unpaired) electrons. The number of β-amino-alcohol motifs (C(OH)–C–C–N with tert-alkyl or cyclic N) is 1. The lowest BCUT2D eigenvalue weighted by molar-refractivity contribution is -0.141. The number of phenolic OH excluding ortho intramolecular Hbond substituents is 1. The third kappa shape index (κ3) is 12.2. The van der Waals surface area contributed by atoms with E-state index in [9.17, 15) is 19.8 Å². The predicted molar refractivity (Wildman–Crippen MR) is 289 cm³/mol. The van der Waals surface area contributed by atoms with Crippen LogP contribution in [0.3, 0.4) is 0 Å². The van der Waals surface area contributed by atoms with Crippen LogP contribution < -0.4 is 20.7 Å². The van der Waals surface area contributed by atoms with E-state index in [0.717, 1.165) is 104 Å². The zero-order valence-electron chi connectivity index (χ0n) is 43.1. The van der Waals surface area contributed by atoms with Gasteiger partial charge in [-0.25, -0.2) is 9.97 Å². The Bertz CT molecular complexity index is 2940. The predicted octanol–water partition coefficient (Wildman–Crippen LogP) is 8.30. The average molecular weight is 1040 g/mol. The summed E-state index contributed by atoms with van der Waals surface area (Å²) in [6.45, 7) is 12.8. The van der Waals surface area contributed by atoms with Gasteiger partial charge in [0.25, 0.3) is 0 Å². The molecule has 5 N–H and O–H groups in total. The molecule has 1 aliphatic carbocycles. The second-order valence-corrected chi connectivity index (χ2v) is 21.9. The first-order chi connectivity index (χ1) is 36.3. The van der Waals surface area contributed by atoms with Gasteiger partial charge >= 0.3 is 0 Å². The van der Waals surface area contributed by atoms with Crippen LogP contribution in [0.5, 0.6) is 11.6 Å². The number of para-hydroxylation sites is 1. The van der Waals surface area contributed by atoms with Crippen molar-refractivity contribution in [1.29, 1.82) is 0 Å². The summed E-state index contributed by atoms with van der Waals surface area (Å²) in [5.74, 6) is 1.46. The Morgan fingerprint density at radius 2 is 1.68 bits per heavy atom. The monoisotopic (exact) mass is 1040 g/mol. The number of thiazole rings is 1. The normalized spacial score (nSPS) is 21.6. The van der Waals surface area contributed by atoms with Gasteiger partial charge in [-0.2, -0.15) is 0 Å². The van der Waals surface area contributed by atoms with Crippen LogP contribution in [0, 0.1) is 18.8 Å². The van der Waals surface area contributed by atoms with Crippen molar-refractivity contribution in [3.8, 4) is 33.3 Å². The summed E-state index contributed by atoms with van der Waals surface area (Å²) in [6, 6.07) is 21.5. The van der Waals surface area contributed by atoms with Crippen LogP contribution in [0.1, 0.15) is 106 Å². The van der Waals surface area contributed by atoms with Gasteiger partial charge in [-0.3, -0.25) is 9.59 Å². The van der Waals surface area contributed by atoms with Gasteiger partial charge in [0.05, 0.1) is 46.1 Å². The highest BCUT2D eigenvalue weighted by Crippen LogP contribution is 2.36. The summed E-state index contributed by atoms with van der Waals surface area (Å²) < 4.78 is 18.7. The smallest absolute Gasteiger partial charge is 0.243 e. The Kier molecular flexibility index (Phi) is 15.9. The van der Waals surface area contributed by atoms with Crippen LogP contribution in [0.4, 0.5) is 11.6 Å². The lowest BCUT2D eigenvalue weighted by atomic mass is 9.91. The first kappa shape index (κ1) is 51.7. The van der Waals surface area contributed by atoms with E-state index in [1.54, 1.807) is 41.8 Å². The molecule has 2 aromatic carbocycles. The molecule has 75 heavy (non-hydrogen) atoms. The molecule has 7 heterocycles. The van der Waals surface area contributed by atoms with Crippen molar-refractivity contribution in [2.45, 2.75) is 115 Å². The van der Waals surface area contributed by atoms with E-state index in [1.807, 2.05) is 93.9 Å². The van der Waals surface area contributed by atoms with Crippen molar-refractivity contribution in [2.75, 3.05) is 49.9 Å². The molecule has 4 fully saturated rings. The van der Waals surface area contributed by atoms with Gasteiger partial charge in [-0.05, 0) is 92.3 Å². The number of hydrogen-bond acceptors (Lipinski definition) is 16. The number of amides is 2. The molecule has 0 spiro atoms. The number of nitrogens with one attached hydrogen (secondary N) is 1. The van der Waals surface area contributed by atoms with Gasteiger partial charge in [-0.1, -0.05) is 67.6 Å². The number of piperidine rings is 2. The fraction of sp³-hybridized carbons (Fsp3) is 0.456. The lowest BCUT2D eigenvalue weighted by Crippen LogP contribution is -2.48. The minimum absolute atomic E-state index is 0.0548. The maximum Gasteiger partial charge on any atom is 0.243 e. The number of ether oxygens (including phenoxy) is 2. The van der Waals surface area contributed by atoms with E-state index in [4.69, 9.17) is 19.7 Å². The minimum Gasteiger partial charge on any atom is -0.507 e.